The van der Waals surface area contributed by atoms with Crippen LogP contribution in [0.15, 0.2) is 64.6 Å². The van der Waals surface area contributed by atoms with E-state index in [2.05, 4.69) is 28.1 Å². The van der Waals surface area contributed by atoms with E-state index < -0.39 is 6.16 Å². The molecule has 4 aliphatic rings. The van der Waals surface area contributed by atoms with Gasteiger partial charge in [-0.05, 0) is 51.3 Å². The Morgan fingerprint density at radius 3 is 3.17 bits per heavy atom. The van der Waals surface area contributed by atoms with Gasteiger partial charge in [-0.15, -0.1) is 0 Å². The fourth-order valence-corrected chi connectivity index (χ4v) is 4.42. The standard InChI is InChI=1S/C23H28N2O4/c26-23(27)28-20-10-5-13-25(16-20)12-4-9-17-7-3-8-19-15-24-14-18-6-1-2-11-21(18)29-22(17)19/h1-3,6,8,11,14-15,17,20-21H,4-5,7,9-10,12-13,16H2,(H,26,27)/b18-14-,24-15?/t17?,20-,21?/m1/s1. The number of piperidine rings is 1. The largest absolute Gasteiger partial charge is 0.506 e. The van der Waals surface area contributed by atoms with Crippen LogP contribution in [0.1, 0.15) is 32.1 Å². The smallest absolute Gasteiger partial charge is 0.485 e. The van der Waals surface area contributed by atoms with Crippen molar-refractivity contribution in [2.75, 3.05) is 19.6 Å². The van der Waals surface area contributed by atoms with Gasteiger partial charge in [0.2, 0.25) is 0 Å². The van der Waals surface area contributed by atoms with E-state index in [1.54, 1.807) is 0 Å². The van der Waals surface area contributed by atoms with Crippen molar-refractivity contribution in [2.24, 2.45) is 10.9 Å². The Hall–Kier alpha value is -2.60. The maximum absolute atomic E-state index is 10.8. The topological polar surface area (TPSA) is 71.4 Å². The summed E-state index contributed by atoms with van der Waals surface area (Å²) in [5.41, 5.74) is 2.13. The molecule has 1 fully saturated rings. The molecule has 0 aromatic heterocycles. The van der Waals surface area contributed by atoms with Gasteiger partial charge in [-0.2, -0.15) is 0 Å². The van der Waals surface area contributed by atoms with E-state index in [1.807, 2.05) is 30.6 Å². The van der Waals surface area contributed by atoms with Crippen molar-refractivity contribution in [3.63, 3.8) is 0 Å². The SMILES string of the molecule is O=C(O)O[C@@H]1CCCN(CCCC2CC=CC3=C2OC2C=CC=C/C2=C/N=C3)C1. The number of fused-ring (bicyclic) bond motifs is 1. The third kappa shape index (κ3) is 5.07. The van der Waals surface area contributed by atoms with E-state index in [0.29, 0.717) is 12.5 Å². The fraction of sp³-hybridized carbons (Fsp3) is 0.478. The molecule has 1 saturated heterocycles. The van der Waals surface area contributed by atoms with Gasteiger partial charge in [-0.25, -0.2) is 4.79 Å². The lowest BCUT2D eigenvalue weighted by Gasteiger charge is -2.33. The van der Waals surface area contributed by atoms with E-state index in [9.17, 15) is 4.79 Å². The van der Waals surface area contributed by atoms with Crippen LogP contribution < -0.4 is 0 Å². The average molecular weight is 396 g/mol. The number of ether oxygens (including phenoxy) is 2. The van der Waals surface area contributed by atoms with E-state index >= 15 is 0 Å². The van der Waals surface area contributed by atoms with Crippen molar-refractivity contribution >= 4 is 12.4 Å². The summed E-state index contributed by atoms with van der Waals surface area (Å²) in [7, 11) is 0. The van der Waals surface area contributed by atoms with Gasteiger partial charge < -0.3 is 14.6 Å². The van der Waals surface area contributed by atoms with Crippen LogP contribution in [0.3, 0.4) is 0 Å². The Balaban J connectivity index is 1.34. The maximum Gasteiger partial charge on any atom is 0.506 e. The summed E-state index contributed by atoms with van der Waals surface area (Å²) in [4.78, 5) is 17.6. The molecule has 0 amide bonds. The van der Waals surface area contributed by atoms with Gasteiger partial charge in [0.05, 0.1) is 0 Å². The van der Waals surface area contributed by atoms with Gasteiger partial charge in [0.25, 0.3) is 0 Å². The molecule has 2 unspecified atom stereocenters. The number of aliphatic imine (C=N–C) groups is 1. The molecule has 2 heterocycles. The summed E-state index contributed by atoms with van der Waals surface area (Å²) in [5.74, 6) is 1.38. The van der Waals surface area contributed by atoms with Crippen LogP contribution in [0.4, 0.5) is 4.79 Å². The van der Waals surface area contributed by atoms with E-state index in [-0.39, 0.29) is 12.2 Å². The van der Waals surface area contributed by atoms with Crippen molar-refractivity contribution in [1.29, 1.82) is 0 Å². The van der Waals surface area contributed by atoms with Gasteiger partial charge in [0.15, 0.2) is 0 Å². The molecular weight excluding hydrogens is 368 g/mol. The summed E-state index contributed by atoms with van der Waals surface area (Å²) in [6, 6.07) is 0. The zero-order valence-electron chi connectivity index (χ0n) is 16.6. The maximum atomic E-state index is 10.8. The van der Waals surface area contributed by atoms with Crippen LogP contribution in [-0.4, -0.2) is 54.2 Å². The van der Waals surface area contributed by atoms with Crippen LogP contribution in [0.2, 0.25) is 0 Å². The van der Waals surface area contributed by atoms with Crippen molar-refractivity contribution in [3.05, 3.63) is 59.6 Å². The number of carbonyl (C=O) groups is 1. The lowest BCUT2D eigenvalue weighted by Crippen LogP contribution is -2.40. The normalized spacial score (nSPS) is 30.5. The second kappa shape index (κ2) is 9.27. The summed E-state index contributed by atoms with van der Waals surface area (Å²) in [5, 5.41) is 8.84. The molecule has 0 saturated carbocycles. The minimum atomic E-state index is -1.17. The quantitative estimate of drug-likeness (QED) is 0.704. The first-order valence-electron chi connectivity index (χ1n) is 10.5. The van der Waals surface area contributed by atoms with E-state index in [1.165, 1.54) is 0 Å². The zero-order valence-corrected chi connectivity index (χ0v) is 16.6. The molecule has 3 atom stereocenters. The van der Waals surface area contributed by atoms with Gasteiger partial charge in [-0.3, -0.25) is 9.89 Å². The van der Waals surface area contributed by atoms with Crippen molar-refractivity contribution < 1.29 is 19.4 Å². The highest BCUT2D eigenvalue weighted by Crippen LogP contribution is 2.33. The van der Waals surface area contributed by atoms with Crippen molar-refractivity contribution in [1.82, 2.24) is 4.90 Å². The summed E-state index contributed by atoms with van der Waals surface area (Å²) >= 11 is 0. The third-order valence-electron chi connectivity index (χ3n) is 5.84. The van der Waals surface area contributed by atoms with Crippen LogP contribution in [0.5, 0.6) is 0 Å². The molecule has 0 bridgehead atoms. The third-order valence-corrected chi connectivity index (χ3v) is 5.84. The number of allylic oxidation sites excluding steroid dienone is 6. The number of hydrogen-bond donors (Lipinski definition) is 1. The molecular formula is C23H28N2O4. The van der Waals surface area contributed by atoms with Crippen LogP contribution >= 0.6 is 0 Å². The predicted molar refractivity (Wildman–Crippen MR) is 112 cm³/mol. The molecule has 4 rings (SSSR count). The summed E-state index contributed by atoms with van der Waals surface area (Å²) in [6.45, 7) is 2.66. The molecule has 6 nitrogen and oxygen atoms in total. The van der Waals surface area contributed by atoms with E-state index in [4.69, 9.17) is 14.6 Å². The van der Waals surface area contributed by atoms with Crippen molar-refractivity contribution in [2.45, 2.75) is 44.3 Å². The molecule has 2 aliphatic heterocycles. The molecule has 0 spiro atoms. The monoisotopic (exact) mass is 396 g/mol. The predicted octanol–water partition coefficient (Wildman–Crippen LogP) is 4.24. The fourth-order valence-electron chi connectivity index (χ4n) is 4.42. The highest BCUT2D eigenvalue weighted by molar-refractivity contribution is 5.84. The first kappa shape index (κ1) is 19.7. The molecule has 2 aliphatic carbocycles. The summed E-state index contributed by atoms with van der Waals surface area (Å²) < 4.78 is 11.4. The Kier molecular flexibility index (Phi) is 6.30. The Morgan fingerprint density at radius 1 is 1.34 bits per heavy atom. The Bertz CT molecular complexity index is 806. The molecule has 0 aromatic rings. The first-order chi connectivity index (χ1) is 14.2. The van der Waals surface area contributed by atoms with Crippen molar-refractivity contribution in [3.8, 4) is 0 Å². The highest BCUT2D eigenvalue weighted by Gasteiger charge is 2.27. The molecule has 0 radical (unpaired) electrons. The second-order valence-electron chi connectivity index (χ2n) is 7.94. The zero-order chi connectivity index (χ0) is 20.1. The number of likely N-dealkylation sites (tertiary alicyclic amines) is 1. The minimum absolute atomic E-state index is 0.0764. The van der Waals surface area contributed by atoms with Gasteiger partial charge >= 0.3 is 6.16 Å². The Labute approximate surface area is 171 Å². The summed E-state index contributed by atoms with van der Waals surface area (Å²) in [6.07, 6.45) is 19.6. The Morgan fingerprint density at radius 2 is 2.28 bits per heavy atom. The van der Waals surface area contributed by atoms with E-state index in [0.717, 1.165) is 62.1 Å². The van der Waals surface area contributed by atoms with Gasteiger partial charge in [0.1, 0.15) is 18.0 Å². The number of rotatable bonds is 5. The number of nitrogens with zero attached hydrogens (tertiary/aromatic N) is 2. The molecule has 6 heteroatoms. The molecule has 29 heavy (non-hydrogen) atoms. The highest BCUT2D eigenvalue weighted by atomic mass is 16.7. The average Bonchev–Trinajstić information content (AvgIpc) is 2.69. The second-order valence-corrected chi connectivity index (χ2v) is 7.94. The lowest BCUT2D eigenvalue weighted by atomic mass is 9.89. The minimum Gasteiger partial charge on any atom is -0.485 e. The number of carboxylic acid groups (broad SMARTS) is 1. The van der Waals surface area contributed by atoms with Gasteiger partial charge in [0, 0.05) is 36.0 Å². The first-order valence-corrected chi connectivity index (χ1v) is 10.5. The molecule has 0 aromatic carbocycles. The number of hydrogen-bond acceptors (Lipinski definition) is 5. The molecule has 154 valence electrons. The van der Waals surface area contributed by atoms with Crippen LogP contribution in [0, 0.1) is 5.92 Å². The lowest BCUT2D eigenvalue weighted by molar-refractivity contribution is 0.0129. The molecule has 1 N–H and O–H groups in total. The van der Waals surface area contributed by atoms with Crippen LogP contribution in [0.25, 0.3) is 0 Å². The van der Waals surface area contributed by atoms with Gasteiger partial charge in [-0.1, -0.05) is 30.4 Å². The van der Waals surface area contributed by atoms with Crippen LogP contribution in [-0.2, 0) is 9.47 Å².